The van der Waals surface area contributed by atoms with Crippen LogP contribution in [0.4, 0.5) is 11.8 Å². The molecule has 6 nitrogen and oxygen atoms in total. The molecular formula is C28H33N5O. The van der Waals surface area contributed by atoms with Crippen molar-refractivity contribution in [2.24, 2.45) is 0 Å². The SMILES string of the molecule is COc1cc2ccccc2cc1CN[C@H]1CC[C@@H](Nc2nc(N(C)C)c3ccccc3n2)CC1. The zero-order chi connectivity index (χ0) is 23.5. The fraction of sp³-hybridized carbons (Fsp3) is 0.357. The fourth-order valence-electron chi connectivity index (χ4n) is 4.94. The van der Waals surface area contributed by atoms with Gasteiger partial charge in [0.15, 0.2) is 0 Å². The zero-order valence-electron chi connectivity index (χ0n) is 20.2. The van der Waals surface area contributed by atoms with Crippen molar-refractivity contribution in [3.8, 4) is 5.75 Å². The van der Waals surface area contributed by atoms with Crippen LogP contribution in [0.1, 0.15) is 31.2 Å². The third-order valence-electron chi connectivity index (χ3n) is 6.80. The van der Waals surface area contributed by atoms with Gasteiger partial charge < -0.3 is 20.3 Å². The number of methoxy groups -OCH3 is 1. The predicted octanol–water partition coefficient (Wildman–Crippen LogP) is 5.37. The minimum Gasteiger partial charge on any atom is -0.496 e. The van der Waals surface area contributed by atoms with Crippen LogP contribution in [0.15, 0.2) is 60.7 Å². The second-order valence-corrected chi connectivity index (χ2v) is 9.37. The minimum atomic E-state index is 0.393. The summed E-state index contributed by atoms with van der Waals surface area (Å²) in [6.07, 6.45) is 4.45. The van der Waals surface area contributed by atoms with E-state index in [1.165, 1.54) is 16.3 Å². The highest BCUT2D eigenvalue weighted by Crippen LogP contribution is 2.28. The number of hydrogen-bond donors (Lipinski definition) is 2. The minimum absolute atomic E-state index is 0.393. The molecule has 0 amide bonds. The number of anilines is 2. The number of nitrogens with zero attached hydrogens (tertiary/aromatic N) is 3. The summed E-state index contributed by atoms with van der Waals surface area (Å²) in [6, 6.07) is 21.9. The Balaban J connectivity index is 1.20. The first kappa shape index (κ1) is 22.4. The summed E-state index contributed by atoms with van der Waals surface area (Å²) in [5.41, 5.74) is 2.19. The highest BCUT2D eigenvalue weighted by molar-refractivity contribution is 5.90. The maximum atomic E-state index is 5.67. The van der Waals surface area contributed by atoms with Gasteiger partial charge in [0.1, 0.15) is 11.6 Å². The topological polar surface area (TPSA) is 62.3 Å². The number of benzene rings is 3. The lowest BCUT2D eigenvalue weighted by molar-refractivity contribution is 0.348. The molecule has 0 radical (unpaired) electrons. The normalized spacial score (nSPS) is 18.2. The molecule has 0 atom stereocenters. The first-order valence-corrected chi connectivity index (χ1v) is 12.1. The van der Waals surface area contributed by atoms with Crippen LogP contribution in [0.5, 0.6) is 5.75 Å². The predicted molar refractivity (Wildman–Crippen MR) is 141 cm³/mol. The maximum Gasteiger partial charge on any atom is 0.225 e. The molecule has 1 fully saturated rings. The molecule has 0 aliphatic heterocycles. The Morgan fingerprint density at radius 2 is 1.56 bits per heavy atom. The first-order chi connectivity index (χ1) is 16.6. The summed E-state index contributed by atoms with van der Waals surface area (Å²) < 4.78 is 5.67. The maximum absolute atomic E-state index is 5.67. The van der Waals surface area contributed by atoms with Crippen molar-refractivity contribution in [1.82, 2.24) is 15.3 Å². The van der Waals surface area contributed by atoms with E-state index in [4.69, 9.17) is 14.7 Å². The average molecular weight is 456 g/mol. The van der Waals surface area contributed by atoms with Crippen LogP contribution in [0.3, 0.4) is 0 Å². The largest absolute Gasteiger partial charge is 0.496 e. The quantitative estimate of drug-likeness (QED) is 0.391. The number of hydrogen-bond acceptors (Lipinski definition) is 6. The molecule has 2 N–H and O–H groups in total. The monoisotopic (exact) mass is 455 g/mol. The number of rotatable bonds is 7. The fourth-order valence-corrected chi connectivity index (χ4v) is 4.94. The van der Waals surface area contributed by atoms with Crippen LogP contribution in [0.25, 0.3) is 21.7 Å². The summed E-state index contributed by atoms with van der Waals surface area (Å²) >= 11 is 0. The van der Waals surface area contributed by atoms with E-state index < -0.39 is 0 Å². The van der Waals surface area contributed by atoms with Crippen molar-refractivity contribution in [3.63, 3.8) is 0 Å². The smallest absolute Gasteiger partial charge is 0.225 e. The molecule has 0 saturated heterocycles. The van der Waals surface area contributed by atoms with Gasteiger partial charge in [-0.15, -0.1) is 0 Å². The summed E-state index contributed by atoms with van der Waals surface area (Å²) in [4.78, 5) is 11.6. The molecule has 1 heterocycles. The number of para-hydroxylation sites is 1. The van der Waals surface area contributed by atoms with E-state index in [0.717, 1.165) is 60.6 Å². The van der Waals surface area contributed by atoms with Crippen molar-refractivity contribution < 1.29 is 4.74 Å². The lowest BCUT2D eigenvalue weighted by Gasteiger charge is -2.30. The van der Waals surface area contributed by atoms with Crippen LogP contribution in [-0.4, -0.2) is 43.3 Å². The summed E-state index contributed by atoms with van der Waals surface area (Å²) in [7, 11) is 5.81. The molecule has 6 heteroatoms. The highest BCUT2D eigenvalue weighted by atomic mass is 16.5. The van der Waals surface area contributed by atoms with Gasteiger partial charge in [-0.1, -0.05) is 36.4 Å². The van der Waals surface area contributed by atoms with Gasteiger partial charge in [-0.05, 0) is 60.7 Å². The van der Waals surface area contributed by atoms with E-state index in [1.54, 1.807) is 7.11 Å². The molecule has 5 rings (SSSR count). The zero-order valence-corrected chi connectivity index (χ0v) is 20.2. The van der Waals surface area contributed by atoms with E-state index in [1.807, 2.05) is 26.2 Å². The van der Waals surface area contributed by atoms with Gasteiger partial charge in [0.25, 0.3) is 0 Å². The molecule has 1 aliphatic rings. The van der Waals surface area contributed by atoms with Gasteiger partial charge >= 0.3 is 0 Å². The highest BCUT2D eigenvalue weighted by Gasteiger charge is 2.22. The molecular weight excluding hydrogens is 422 g/mol. The van der Waals surface area contributed by atoms with E-state index in [9.17, 15) is 0 Å². The second kappa shape index (κ2) is 9.85. The lowest BCUT2D eigenvalue weighted by Crippen LogP contribution is -2.37. The number of fused-ring (bicyclic) bond motifs is 2. The molecule has 1 saturated carbocycles. The standard InChI is InChI=1S/C28H33N5O/c1-33(2)27-24-10-6-7-11-25(24)31-28(32-27)30-23-14-12-22(13-15-23)29-18-21-16-19-8-4-5-9-20(19)17-26(21)34-3/h4-11,16-17,22-23,29H,12-15,18H2,1-3H3,(H,30,31,32)/t22-,23+. The van der Waals surface area contributed by atoms with Crippen LogP contribution in [0.2, 0.25) is 0 Å². The van der Waals surface area contributed by atoms with E-state index in [2.05, 4.69) is 64.1 Å². The Hall–Kier alpha value is -3.38. The van der Waals surface area contributed by atoms with Crippen molar-refractivity contribution in [3.05, 3.63) is 66.2 Å². The van der Waals surface area contributed by atoms with Gasteiger partial charge in [-0.25, -0.2) is 4.98 Å². The van der Waals surface area contributed by atoms with Crippen molar-refractivity contribution >= 4 is 33.4 Å². The van der Waals surface area contributed by atoms with Gasteiger partial charge in [0.05, 0.1) is 12.6 Å². The molecule has 0 spiro atoms. The Bertz CT molecular complexity index is 1280. The lowest BCUT2D eigenvalue weighted by atomic mass is 9.91. The Labute approximate surface area is 201 Å². The van der Waals surface area contributed by atoms with Crippen LogP contribution >= 0.6 is 0 Å². The molecule has 0 bridgehead atoms. The number of ether oxygens (including phenoxy) is 1. The second-order valence-electron chi connectivity index (χ2n) is 9.37. The summed E-state index contributed by atoms with van der Waals surface area (Å²) in [5, 5.41) is 10.9. The van der Waals surface area contributed by atoms with E-state index in [-0.39, 0.29) is 0 Å². The van der Waals surface area contributed by atoms with Crippen molar-refractivity contribution in [2.45, 2.75) is 44.3 Å². The van der Waals surface area contributed by atoms with Gasteiger partial charge in [0, 0.05) is 43.7 Å². The van der Waals surface area contributed by atoms with E-state index >= 15 is 0 Å². The van der Waals surface area contributed by atoms with Crippen LogP contribution in [0, 0.1) is 0 Å². The molecule has 4 aromatic rings. The van der Waals surface area contributed by atoms with E-state index in [0.29, 0.717) is 12.1 Å². The number of aromatic nitrogens is 2. The summed E-state index contributed by atoms with van der Waals surface area (Å²) in [5.74, 6) is 2.62. The third-order valence-corrected chi connectivity index (χ3v) is 6.80. The van der Waals surface area contributed by atoms with Crippen LogP contribution in [-0.2, 0) is 6.54 Å². The van der Waals surface area contributed by atoms with Crippen molar-refractivity contribution in [2.75, 3.05) is 31.4 Å². The Morgan fingerprint density at radius 3 is 2.29 bits per heavy atom. The third kappa shape index (κ3) is 4.77. The molecule has 1 aliphatic carbocycles. The molecule has 0 unspecified atom stereocenters. The first-order valence-electron chi connectivity index (χ1n) is 12.1. The van der Waals surface area contributed by atoms with Crippen LogP contribution < -0.4 is 20.3 Å². The van der Waals surface area contributed by atoms with Gasteiger partial charge in [-0.3, -0.25) is 0 Å². The molecule has 176 valence electrons. The molecule has 34 heavy (non-hydrogen) atoms. The average Bonchev–Trinajstić information content (AvgIpc) is 2.87. The van der Waals surface area contributed by atoms with Gasteiger partial charge in [-0.2, -0.15) is 4.98 Å². The molecule has 1 aromatic heterocycles. The number of nitrogens with one attached hydrogen (secondary N) is 2. The Morgan fingerprint density at radius 1 is 0.882 bits per heavy atom. The molecule has 3 aromatic carbocycles. The van der Waals surface area contributed by atoms with Gasteiger partial charge in [0.2, 0.25) is 5.95 Å². The van der Waals surface area contributed by atoms with Crippen molar-refractivity contribution in [1.29, 1.82) is 0 Å². The Kier molecular flexibility index (Phi) is 6.50. The summed E-state index contributed by atoms with van der Waals surface area (Å²) in [6.45, 7) is 0.816.